The molecule has 2 aliphatic carbocycles. The Morgan fingerprint density at radius 3 is 2.94 bits per heavy atom. The van der Waals surface area contributed by atoms with Crippen molar-refractivity contribution in [3.63, 3.8) is 0 Å². The lowest BCUT2D eigenvalue weighted by Gasteiger charge is -2.27. The predicted octanol–water partition coefficient (Wildman–Crippen LogP) is 5.23. The number of methoxy groups -OCH3 is 2. The second-order valence-electron chi connectivity index (χ2n) is 9.31. The van der Waals surface area contributed by atoms with Crippen molar-refractivity contribution < 1.29 is 19.0 Å². The van der Waals surface area contributed by atoms with E-state index in [1.54, 1.807) is 18.9 Å². The van der Waals surface area contributed by atoms with E-state index in [0.717, 1.165) is 57.6 Å². The van der Waals surface area contributed by atoms with Crippen molar-refractivity contribution in [3.05, 3.63) is 47.2 Å². The van der Waals surface area contributed by atoms with Gasteiger partial charge < -0.3 is 14.2 Å². The second-order valence-corrected chi connectivity index (χ2v) is 9.31. The number of hydrogen-bond acceptors (Lipinski definition) is 5. The highest BCUT2D eigenvalue weighted by Crippen LogP contribution is 2.41. The zero-order valence-corrected chi connectivity index (χ0v) is 18.8. The molecule has 3 aliphatic rings. The van der Waals surface area contributed by atoms with Crippen LogP contribution in [0, 0.1) is 17.8 Å². The Balaban J connectivity index is 1.38. The first kappa shape index (κ1) is 22.1. The largest absolute Gasteiger partial charge is 0.481 e. The molecule has 0 N–H and O–H groups in total. The maximum absolute atomic E-state index is 11.9. The first-order valence-corrected chi connectivity index (χ1v) is 11.7. The molecule has 1 aromatic heterocycles. The summed E-state index contributed by atoms with van der Waals surface area (Å²) in [5, 5.41) is 0. The van der Waals surface area contributed by atoms with Gasteiger partial charge in [0, 0.05) is 23.6 Å². The fraction of sp³-hybridized carbons (Fsp3) is 0.615. The topological polar surface area (TPSA) is 57.7 Å². The molecule has 2 heterocycles. The summed E-state index contributed by atoms with van der Waals surface area (Å²) in [6.07, 6.45) is 15.0. The van der Waals surface area contributed by atoms with Gasteiger partial charge in [0.05, 0.1) is 33.9 Å². The SMILES string of the molecule is COC(=O)CC1=CC2COCC1CC(CC1=CCCC(c3cccnc3OC)CC1)C2. The Morgan fingerprint density at radius 2 is 2.10 bits per heavy atom. The molecule has 4 unspecified atom stereocenters. The Labute approximate surface area is 185 Å². The minimum absolute atomic E-state index is 0.140. The van der Waals surface area contributed by atoms with Crippen LogP contribution in [0.15, 0.2) is 41.6 Å². The summed E-state index contributed by atoms with van der Waals surface area (Å²) < 4.78 is 16.3. The lowest BCUT2D eigenvalue weighted by Crippen LogP contribution is -2.21. The monoisotopic (exact) mass is 425 g/mol. The number of ether oxygens (including phenoxy) is 3. The van der Waals surface area contributed by atoms with Gasteiger partial charge in [-0.1, -0.05) is 29.4 Å². The maximum atomic E-state index is 11.9. The van der Waals surface area contributed by atoms with Crippen LogP contribution in [0.1, 0.15) is 62.8 Å². The summed E-state index contributed by atoms with van der Waals surface area (Å²) in [6, 6.07) is 4.19. The van der Waals surface area contributed by atoms with Gasteiger partial charge in [-0.05, 0) is 62.8 Å². The molecule has 5 heteroatoms. The molecule has 1 aromatic rings. The van der Waals surface area contributed by atoms with Gasteiger partial charge in [0.25, 0.3) is 0 Å². The van der Waals surface area contributed by atoms with E-state index in [9.17, 15) is 4.79 Å². The van der Waals surface area contributed by atoms with Crippen LogP contribution in [-0.2, 0) is 14.3 Å². The standard InChI is InChI=1S/C26H35NO4/c1-29-25(28)15-22-14-20-12-19(13-23(22)17-31-16-20)11-18-5-3-6-21(9-8-18)24-7-4-10-27-26(24)30-2/h4-5,7,10,14,19-21,23H,3,6,8-9,11-13,15-17H2,1-2H3. The number of rotatable bonds is 6. The number of hydrogen-bond donors (Lipinski definition) is 0. The minimum atomic E-state index is -0.140. The molecule has 0 saturated carbocycles. The molecule has 0 saturated heterocycles. The minimum Gasteiger partial charge on any atom is -0.481 e. The summed E-state index contributed by atoms with van der Waals surface area (Å²) in [5.41, 5.74) is 4.08. The van der Waals surface area contributed by atoms with Crippen molar-refractivity contribution >= 4 is 5.97 Å². The number of pyridine rings is 1. The van der Waals surface area contributed by atoms with Gasteiger partial charge in [-0.3, -0.25) is 4.79 Å². The zero-order valence-electron chi connectivity index (χ0n) is 18.8. The average Bonchev–Trinajstić information content (AvgIpc) is 3.17. The van der Waals surface area contributed by atoms with E-state index in [0.29, 0.717) is 30.1 Å². The van der Waals surface area contributed by atoms with E-state index >= 15 is 0 Å². The number of fused-ring (bicyclic) bond motifs is 2. The van der Waals surface area contributed by atoms with Crippen LogP contribution >= 0.6 is 0 Å². The van der Waals surface area contributed by atoms with Gasteiger partial charge >= 0.3 is 5.97 Å². The maximum Gasteiger partial charge on any atom is 0.309 e. The van der Waals surface area contributed by atoms with Crippen molar-refractivity contribution in [2.24, 2.45) is 17.8 Å². The predicted molar refractivity (Wildman–Crippen MR) is 120 cm³/mol. The van der Waals surface area contributed by atoms with Gasteiger partial charge in [0.1, 0.15) is 0 Å². The highest BCUT2D eigenvalue weighted by molar-refractivity contribution is 5.72. The highest BCUT2D eigenvalue weighted by atomic mass is 16.5. The zero-order chi connectivity index (χ0) is 21.6. The Hall–Kier alpha value is -2.14. The van der Waals surface area contributed by atoms with E-state index in [2.05, 4.69) is 23.2 Å². The number of carbonyl (C=O) groups is 1. The molecule has 0 amide bonds. The average molecular weight is 426 g/mol. The van der Waals surface area contributed by atoms with Crippen molar-refractivity contribution in [3.8, 4) is 5.88 Å². The fourth-order valence-electron chi connectivity index (χ4n) is 5.69. The third-order valence-electron chi connectivity index (χ3n) is 7.20. The van der Waals surface area contributed by atoms with Gasteiger partial charge in [-0.2, -0.15) is 0 Å². The summed E-state index contributed by atoms with van der Waals surface area (Å²) in [5.74, 6) is 2.55. The lowest BCUT2D eigenvalue weighted by atomic mass is 9.83. The number of nitrogens with zero attached hydrogens (tertiary/aromatic N) is 1. The van der Waals surface area contributed by atoms with Crippen molar-refractivity contribution in [2.75, 3.05) is 27.4 Å². The number of carbonyl (C=O) groups excluding carboxylic acids is 1. The Bertz CT molecular complexity index is 830. The van der Waals surface area contributed by atoms with E-state index in [-0.39, 0.29) is 5.97 Å². The first-order valence-electron chi connectivity index (χ1n) is 11.7. The van der Waals surface area contributed by atoms with Crippen LogP contribution < -0.4 is 4.74 Å². The fourth-order valence-corrected chi connectivity index (χ4v) is 5.69. The first-order chi connectivity index (χ1) is 15.2. The third kappa shape index (κ3) is 5.57. The third-order valence-corrected chi connectivity index (χ3v) is 7.20. The van der Waals surface area contributed by atoms with E-state index < -0.39 is 0 Å². The second kappa shape index (κ2) is 10.4. The summed E-state index contributed by atoms with van der Waals surface area (Å²) in [7, 11) is 3.18. The smallest absolute Gasteiger partial charge is 0.309 e. The van der Waals surface area contributed by atoms with Gasteiger partial charge in [-0.15, -0.1) is 0 Å². The summed E-state index contributed by atoms with van der Waals surface area (Å²) >= 11 is 0. The molecule has 4 atom stereocenters. The van der Waals surface area contributed by atoms with Crippen molar-refractivity contribution in [2.45, 2.75) is 57.3 Å². The van der Waals surface area contributed by atoms with Crippen LogP contribution in [0.4, 0.5) is 0 Å². The molecule has 0 radical (unpaired) electrons. The molecular formula is C26H35NO4. The molecular weight excluding hydrogens is 390 g/mol. The quantitative estimate of drug-likeness (QED) is 0.462. The van der Waals surface area contributed by atoms with E-state index in [1.165, 1.54) is 24.7 Å². The Kier molecular flexibility index (Phi) is 7.44. The molecule has 0 aromatic carbocycles. The molecule has 0 fully saturated rings. The molecule has 4 rings (SSSR count). The number of allylic oxidation sites excluding steroid dienone is 2. The van der Waals surface area contributed by atoms with E-state index in [1.807, 2.05) is 6.07 Å². The van der Waals surface area contributed by atoms with Crippen molar-refractivity contribution in [1.29, 1.82) is 0 Å². The van der Waals surface area contributed by atoms with Crippen LogP contribution in [0.3, 0.4) is 0 Å². The summed E-state index contributed by atoms with van der Waals surface area (Å²) in [4.78, 5) is 16.3. The van der Waals surface area contributed by atoms with Gasteiger partial charge in [0.2, 0.25) is 5.88 Å². The highest BCUT2D eigenvalue weighted by Gasteiger charge is 2.32. The normalized spacial score (nSPS) is 28.6. The van der Waals surface area contributed by atoms with E-state index in [4.69, 9.17) is 14.2 Å². The molecule has 168 valence electrons. The van der Waals surface area contributed by atoms with Crippen LogP contribution in [-0.4, -0.2) is 38.4 Å². The Morgan fingerprint density at radius 1 is 1.19 bits per heavy atom. The molecule has 2 bridgehead atoms. The van der Waals surface area contributed by atoms with Crippen LogP contribution in [0.2, 0.25) is 0 Å². The molecule has 5 nitrogen and oxygen atoms in total. The van der Waals surface area contributed by atoms with Crippen molar-refractivity contribution in [1.82, 2.24) is 4.98 Å². The van der Waals surface area contributed by atoms with Crippen LogP contribution in [0.25, 0.3) is 0 Å². The lowest BCUT2D eigenvalue weighted by molar-refractivity contribution is -0.139. The molecule has 0 spiro atoms. The molecule has 1 aliphatic heterocycles. The molecule has 31 heavy (non-hydrogen) atoms. The van der Waals surface area contributed by atoms with Gasteiger partial charge in [-0.25, -0.2) is 4.98 Å². The van der Waals surface area contributed by atoms with Gasteiger partial charge in [0.15, 0.2) is 0 Å². The summed E-state index contributed by atoms with van der Waals surface area (Å²) in [6.45, 7) is 1.51. The van der Waals surface area contributed by atoms with Crippen LogP contribution in [0.5, 0.6) is 5.88 Å². The number of aromatic nitrogens is 1. The number of esters is 1.